The van der Waals surface area contributed by atoms with Crippen LogP contribution in [0.25, 0.3) is 0 Å². The van der Waals surface area contributed by atoms with Gasteiger partial charge >= 0.3 is 5.97 Å². The van der Waals surface area contributed by atoms with Crippen LogP contribution in [-0.2, 0) is 4.74 Å². The number of anilines is 1. The Hall–Kier alpha value is -1.51. The van der Waals surface area contributed by atoms with E-state index in [9.17, 15) is 9.90 Å². The number of thiophene rings is 1. The SMILES string of the molecule is COC(=O)c1sc(C#CC(C)(C)C)cc1N(CC1CCC(C)CC1)C1CCC(O)CC1. The highest BCUT2D eigenvalue weighted by Crippen LogP contribution is 2.38. The van der Waals surface area contributed by atoms with Crippen LogP contribution in [0.2, 0.25) is 0 Å². The second kappa shape index (κ2) is 10.4. The van der Waals surface area contributed by atoms with Gasteiger partial charge in [-0.15, -0.1) is 11.3 Å². The number of ether oxygens (including phenoxy) is 1. The molecule has 0 saturated heterocycles. The van der Waals surface area contributed by atoms with E-state index in [4.69, 9.17) is 4.74 Å². The highest BCUT2D eigenvalue weighted by atomic mass is 32.1. The summed E-state index contributed by atoms with van der Waals surface area (Å²) in [6.07, 6.45) is 8.48. The van der Waals surface area contributed by atoms with E-state index in [2.05, 4.69) is 50.5 Å². The quantitative estimate of drug-likeness (QED) is 0.455. The molecule has 0 spiro atoms. The molecule has 5 heteroatoms. The molecular formula is C26H39NO3S. The summed E-state index contributed by atoms with van der Waals surface area (Å²) in [6.45, 7) is 9.61. The molecule has 2 saturated carbocycles. The van der Waals surface area contributed by atoms with Gasteiger partial charge in [-0.05, 0) is 77.2 Å². The molecular weight excluding hydrogens is 406 g/mol. The second-order valence-electron chi connectivity index (χ2n) is 10.6. The molecule has 3 rings (SSSR count). The van der Waals surface area contributed by atoms with E-state index in [1.807, 2.05) is 0 Å². The van der Waals surface area contributed by atoms with Crippen molar-refractivity contribution in [2.24, 2.45) is 17.3 Å². The van der Waals surface area contributed by atoms with Gasteiger partial charge in [-0.3, -0.25) is 0 Å². The Morgan fingerprint density at radius 1 is 1.16 bits per heavy atom. The first kappa shape index (κ1) is 24.1. The standard InChI is InChI=1S/C26H39NO3S/c1-18-6-8-19(9-7-18)17-27(20-10-12-21(28)13-11-20)23-16-22(14-15-26(2,3)4)31-24(23)25(29)30-5/h16,18-21,28H,6-13,17H2,1-5H3. The number of rotatable bonds is 5. The molecule has 1 aromatic rings. The zero-order chi connectivity index (χ0) is 22.6. The fourth-order valence-electron chi connectivity index (χ4n) is 4.75. The van der Waals surface area contributed by atoms with E-state index >= 15 is 0 Å². The average molecular weight is 446 g/mol. The lowest BCUT2D eigenvalue weighted by Crippen LogP contribution is -2.43. The summed E-state index contributed by atoms with van der Waals surface area (Å²) in [5.74, 6) is 7.79. The van der Waals surface area contributed by atoms with Gasteiger partial charge in [-0.25, -0.2) is 4.79 Å². The number of nitrogens with zero attached hydrogens (tertiary/aromatic N) is 1. The Balaban J connectivity index is 1.94. The predicted octanol–water partition coefficient (Wildman–Crippen LogP) is 5.87. The third-order valence-electron chi connectivity index (χ3n) is 6.65. The monoisotopic (exact) mass is 445 g/mol. The van der Waals surface area contributed by atoms with Crippen molar-refractivity contribution < 1.29 is 14.6 Å². The molecule has 0 radical (unpaired) electrons. The van der Waals surface area contributed by atoms with E-state index in [1.54, 1.807) is 0 Å². The minimum Gasteiger partial charge on any atom is -0.465 e. The van der Waals surface area contributed by atoms with Crippen LogP contribution in [0, 0.1) is 29.1 Å². The summed E-state index contributed by atoms with van der Waals surface area (Å²) < 4.78 is 5.15. The van der Waals surface area contributed by atoms with Crippen molar-refractivity contribution in [3.05, 3.63) is 15.8 Å². The first-order valence-electron chi connectivity index (χ1n) is 11.9. The van der Waals surface area contributed by atoms with Crippen LogP contribution in [0.3, 0.4) is 0 Å². The highest BCUT2D eigenvalue weighted by molar-refractivity contribution is 7.15. The third kappa shape index (κ3) is 6.73. The summed E-state index contributed by atoms with van der Waals surface area (Å²) in [5.41, 5.74) is 0.892. The Kier molecular flexibility index (Phi) is 8.10. The minimum absolute atomic E-state index is 0.0897. The lowest BCUT2D eigenvalue weighted by atomic mass is 9.82. The number of methoxy groups -OCH3 is 1. The number of carbonyl (C=O) groups excluding carboxylic acids is 1. The average Bonchev–Trinajstić information content (AvgIpc) is 3.16. The van der Waals surface area contributed by atoms with Crippen LogP contribution in [0.15, 0.2) is 6.07 Å². The number of hydrogen-bond acceptors (Lipinski definition) is 5. The summed E-state index contributed by atoms with van der Waals surface area (Å²) in [6, 6.07) is 2.45. The van der Waals surface area contributed by atoms with Crippen molar-refractivity contribution in [1.82, 2.24) is 0 Å². The number of esters is 1. The zero-order valence-corrected chi connectivity index (χ0v) is 20.7. The van der Waals surface area contributed by atoms with E-state index in [0.717, 1.165) is 48.7 Å². The van der Waals surface area contributed by atoms with Gasteiger partial charge in [0, 0.05) is 18.0 Å². The fourth-order valence-corrected chi connectivity index (χ4v) is 5.69. The molecule has 2 aliphatic carbocycles. The molecule has 172 valence electrons. The van der Waals surface area contributed by atoms with Gasteiger partial charge in [-0.1, -0.05) is 31.6 Å². The molecule has 31 heavy (non-hydrogen) atoms. The van der Waals surface area contributed by atoms with Crippen LogP contribution < -0.4 is 4.90 Å². The molecule has 1 aromatic heterocycles. The van der Waals surface area contributed by atoms with Gasteiger partial charge in [0.2, 0.25) is 0 Å². The second-order valence-corrected chi connectivity index (χ2v) is 11.6. The van der Waals surface area contributed by atoms with Crippen molar-refractivity contribution in [3.8, 4) is 11.8 Å². The highest BCUT2D eigenvalue weighted by Gasteiger charge is 2.32. The molecule has 2 fully saturated rings. The number of carbonyl (C=O) groups is 1. The van der Waals surface area contributed by atoms with Crippen LogP contribution in [0.4, 0.5) is 5.69 Å². The Bertz CT molecular complexity index is 797. The van der Waals surface area contributed by atoms with Crippen molar-refractivity contribution in [2.75, 3.05) is 18.6 Å². The van der Waals surface area contributed by atoms with Crippen molar-refractivity contribution >= 4 is 23.0 Å². The van der Waals surface area contributed by atoms with Crippen molar-refractivity contribution in [3.63, 3.8) is 0 Å². The molecule has 0 amide bonds. The number of hydrogen-bond donors (Lipinski definition) is 1. The number of aliphatic hydroxyl groups is 1. The topological polar surface area (TPSA) is 49.8 Å². The molecule has 0 aliphatic heterocycles. The van der Waals surface area contributed by atoms with Crippen LogP contribution in [0.5, 0.6) is 0 Å². The minimum atomic E-state index is -0.276. The maximum absolute atomic E-state index is 12.7. The summed E-state index contributed by atoms with van der Waals surface area (Å²) >= 11 is 1.45. The van der Waals surface area contributed by atoms with E-state index in [0.29, 0.717) is 16.8 Å². The van der Waals surface area contributed by atoms with Crippen molar-refractivity contribution in [1.29, 1.82) is 0 Å². The smallest absolute Gasteiger partial charge is 0.350 e. The fraction of sp³-hybridized carbons (Fsp3) is 0.731. The van der Waals surface area contributed by atoms with E-state index in [1.165, 1.54) is 44.1 Å². The summed E-state index contributed by atoms with van der Waals surface area (Å²) in [5, 5.41) is 10.1. The van der Waals surface area contributed by atoms with E-state index < -0.39 is 0 Å². The normalized spacial score (nSPS) is 26.6. The molecule has 0 aromatic carbocycles. The summed E-state index contributed by atoms with van der Waals surface area (Å²) in [7, 11) is 1.45. The van der Waals surface area contributed by atoms with Gasteiger partial charge in [0.15, 0.2) is 0 Å². The Morgan fingerprint density at radius 3 is 2.39 bits per heavy atom. The lowest BCUT2D eigenvalue weighted by molar-refractivity contribution is 0.0606. The third-order valence-corrected chi connectivity index (χ3v) is 7.67. The van der Waals surface area contributed by atoms with Gasteiger partial charge in [0.25, 0.3) is 0 Å². The Labute approximate surface area is 192 Å². The molecule has 2 aliphatic rings. The molecule has 1 heterocycles. The number of aliphatic hydroxyl groups excluding tert-OH is 1. The largest absolute Gasteiger partial charge is 0.465 e. The molecule has 1 N–H and O–H groups in total. The predicted molar refractivity (Wildman–Crippen MR) is 129 cm³/mol. The summed E-state index contributed by atoms with van der Waals surface area (Å²) in [4.78, 5) is 16.7. The van der Waals surface area contributed by atoms with Gasteiger partial charge in [-0.2, -0.15) is 0 Å². The lowest BCUT2D eigenvalue weighted by Gasteiger charge is -2.40. The maximum atomic E-state index is 12.7. The Morgan fingerprint density at radius 2 is 1.81 bits per heavy atom. The van der Waals surface area contributed by atoms with E-state index in [-0.39, 0.29) is 17.5 Å². The molecule has 0 bridgehead atoms. The molecule has 0 atom stereocenters. The first-order valence-corrected chi connectivity index (χ1v) is 12.7. The maximum Gasteiger partial charge on any atom is 0.350 e. The van der Waals surface area contributed by atoms with Gasteiger partial charge < -0.3 is 14.7 Å². The van der Waals surface area contributed by atoms with Crippen LogP contribution in [0.1, 0.15) is 93.6 Å². The van der Waals surface area contributed by atoms with Gasteiger partial charge in [0.1, 0.15) is 4.88 Å². The first-order chi connectivity index (χ1) is 14.7. The zero-order valence-electron chi connectivity index (χ0n) is 19.9. The van der Waals surface area contributed by atoms with Crippen LogP contribution in [-0.4, -0.2) is 36.9 Å². The van der Waals surface area contributed by atoms with Gasteiger partial charge in [0.05, 0.1) is 23.8 Å². The molecule has 4 nitrogen and oxygen atoms in total. The van der Waals surface area contributed by atoms with Crippen LogP contribution >= 0.6 is 11.3 Å². The molecule has 0 unspecified atom stereocenters. The van der Waals surface area contributed by atoms with Crippen molar-refractivity contribution in [2.45, 2.75) is 91.2 Å².